The Kier molecular flexibility index (Phi) is 2.56. The average Bonchev–Trinajstić information content (AvgIpc) is 2.81. The molecule has 0 unspecified atom stereocenters. The van der Waals surface area contributed by atoms with Gasteiger partial charge in [0, 0.05) is 0 Å². The van der Waals surface area contributed by atoms with E-state index in [0.29, 0.717) is 5.75 Å². The second-order valence-electron chi connectivity index (χ2n) is 4.82. The molecule has 1 heterocycles. The molecular formula is C13H16FNO. The van der Waals surface area contributed by atoms with Crippen LogP contribution >= 0.6 is 0 Å². The maximum Gasteiger partial charge on any atom is 0.165 e. The summed E-state index contributed by atoms with van der Waals surface area (Å²) in [6.45, 7) is 2.20. The van der Waals surface area contributed by atoms with Gasteiger partial charge in [-0.2, -0.15) is 0 Å². The van der Waals surface area contributed by atoms with Crippen LogP contribution in [-0.2, 0) is 0 Å². The highest BCUT2D eigenvalue weighted by Crippen LogP contribution is 2.36. The summed E-state index contributed by atoms with van der Waals surface area (Å²) in [5, 5.41) is 3.39. The Bertz CT molecular complexity index is 370. The van der Waals surface area contributed by atoms with Crippen LogP contribution in [0.2, 0.25) is 0 Å². The van der Waals surface area contributed by atoms with Crippen LogP contribution < -0.4 is 10.1 Å². The molecule has 1 aliphatic carbocycles. The third-order valence-corrected chi connectivity index (χ3v) is 3.74. The van der Waals surface area contributed by atoms with Gasteiger partial charge in [0.05, 0.1) is 6.10 Å². The Balaban J connectivity index is 1.66. The van der Waals surface area contributed by atoms with Gasteiger partial charge >= 0.3 is 0 Å². The fourth-order valence-electron chi connectivity index (χ4n) is 2.93. The van der Waals surface area contributed by atoms with Crippen LogP contribution in [0, 0.1) is 17.7 Å². The molecule has 0 aromatic heterocycles. The third-order valence-electron chi connectivity index (χ3n) is 3.74. The highest BCUT2D eigenvalue weighted by molar-refractivity contribution is 5.24. The first kappa shape index (κ1) is 10.1. The van der Waals surface area contributed by atoms with E-state index < -0.39 is 0 Å². The van der Waals surface area contributed by atoms with Crippen molar-refractivity contribution in [3.63, 3.8) is 0 Å². The lowest BCUT2D eigenvalue weighted by atomic mass is 10.0. The molecule has 16 heavy (non-hydrogen) atoms. The summed E-state index contributed by atoms with van der Waals surface area (Å²) < 4.78 is 19.1. The van der Waals surface area contributed by atoms with Crippen LogP contribution in [0.1, 0.15) is 12.8 Å². The van der Waals surface area contributed by atoms with Gasteiger partial charge in [0.2, 0.25) is 0 Å². The average molecular weight is 221 g/mol. The molecule has 1 aromatic carbocycles. The van der Waals surface area contributed by atoms with Gasteiger partial charge < -0.3 is 10.1 Å². The maximum atomic E-state index is 13.4. The SMILES string of the molecule is Fc1ccccc1O[C@@H]1C[C@H]2CNC[C@H]2C1. The zero-order valence-electron chi connectivity index (χ0n) is 9.16. The fourth-order valence-corrected chi connectivity index (χ4v) is 2.93. The fraction of sp³-hybridized carbons (Fsp3) is 0.538. The van der Waals surface area contributed by atoms with Crippen LogP contribution in [0.25, 0.3) is 0 Å². The second-order valence-corrected chi connectivity index (χ2v) is 4.82. The first-order valence-electron chi connectivity index (χ1n) is 5.95. The summed E-state index contributed by atoms with van der Waals surface area (Å²) in [6, 6.07) is 6.67. The Labute approximate surface area is 94.8 Å². The number of hydrogen-bond acceptors (Lipinski definition) is 2. The minimum absolute atomic E-state index is 0.203. The van der Waals surface area contributed by atoms with E-state index in [4.69, 9.17) is 4.74 Å². The topological polar surface area (TPSA) is 21.3 Å². The molecule has 0 amide bonds. The molecule has 3 atom stereocenters. The van der Waals surface area contributed by atoms with Gasteiger partial charge in [0.1, 0.15) is 0 Å². The van der Waals surface area contributed by atoms with Gasteiger partial charge in [-0.3, -0.25) is 0 Å². The van der Waals surface area contributed by atoms with Crippen molar-refractivity contribution in [1.82, 2.24) is 5.32 Å². The molecule has 0 radical (unpaired) electrons. The Morgan fingerprint density at radius 1 is 1.12 bits per heavy atom. The number of nitrogens with one attached hydrogen (secondary N) is 1. The van der Waals surface area contributed by atoms with E-state index in [9.17, 15) is 4.39 Å². The molecule has 1 aliphatic heterocycles. The van der Waals surface area contributed by atoms with Crippen molar-refractivity contribution in [1.29, 1.82) is 0 Å². The lowest BCUT2D eigenvalue weighted by molar-refractivity contribution is 0.191. The molecule has 2 nitrogen and oxygen atoms in total. The zero-order chi connectivity index (χ0) is 11.0. The Hall–Kier alpha value is -1.09. The van der Waals surface area contributed by atoms with Gasteiger partial charge in [-0.25, -0.2) is 4.39 Å². The van der Waals surface area contributed by atoms with Crippen molar-refractivity contribution in [2.45, 2.75) is 18.9 Å². The van der Waals surface area contributed by atoms with Crippen molar-refractivity contribution in [3.8, 4) is 5.75 Å². The van der Waals surface area contributed by atoms with E-state index >= 15 is 0 Å². The molecular weight excluding hydrogens is 205 g/mol. The molecule has 1 aromatic rings. The third kappa shape index (κ3) is 1.80. The first-order chi connectivity index (χ1) is 7.83. The molecule has 3 heteroatoms. The highest BCUT2D eigenvalue weighted by atomic mass is 19.1. The van der Waals surface area contributed by atoms with E-state index in [2.05, 4.69) is 5.32 Å². The van der Waals surface area contributed by atoms with Crippen LogP contribution in [0.4, 0.5) is 4.39 Å². The molecule has 1 saturated carbocycles. The van der Waals surface area contributed by atoms with Crippen molar-refractivity contribution < 1.29 is 9.13 Å². The minimum atomic E-state index is -0.252. The van der Waals surface area contributed by atoms with Gasteiger partial charge in [-0.15, -0.1) is 0 Å². The van der Waals surface area contributed by atoms with Gasteiger partial charge in [0.25, 0.3) is 0 Å². The summed E-state index contributed by atoms with van der Waals surface area (Å²) in [6.07, 6.45) is 2.33. The number of para-hydroxylation sites is 1. The molecule has 2 fully saturated rings. The summed E-state index contributed by atoms with van der Waals surface area (Å²) in [5.41, 5.74) is 0. The number of hydrogen-bond donors (Lipinski definition) is 1. The lowest BCUT2D eigenvalue weighted by Crippen LogP contribution is -2.18. The van der Waals surface area contributed by atoms with E-state index in [1.807, 2.05) is 6.07 Å². The van der Waals surface area contributed by atoms with Crippen LogP contribution in [0.5, 0.6) is 5.75 Å². The molecule has 0 bridgehead atoms. The van der Waals surface area contributed by atoms with Gasteiger partial charge in [-0.1, -0.05) is 12.1 Å². The van der Waals surface area contributed by atoms with Crippen molar-refractivity contribution in [2.24, 2.45) is 11.8 Å². The quantitative estimate of drug-likeness (QED) is 0.826. The molecule has 86 valence electrons. The number of halogens is 1. The largest absolute Gasteiger partial charge is 0.487 e. The van der Waals surface area contributed by atoms with Crippen molar-refractivity contribution in [3.05, 3.63) is 30.1 Å². The minimum Gasteiger partial charge on any atom is -0.487 e. The van der Waals surface area contributed by atoms with E-state index in [1.54, 1.807) is 12.1 Å². The molecule has 2 aliphatic rings. The Morgan fingerprint density at radius 3 is 2.50 bits per heavy atom. The Morgan fingerprint density at radius 2 is 1.81 bits per heavy atom. The van der Waals surface area contributed by atoms with Crippen molar-refractivity contribution in [2.75, 3.05) is 13.1 Å². The number of rotatable bonds is 2. The van der Waals surface area contributed by atoms with Crippen LogP contribution in [0.3, 0.4) is 0 Å². The number of ether oxygens (including phenoxy) is 1. The smallest absolute Gasteiger partial charge is 0.165 e. The summed E-state index contributed by atoms with van der Waals surface area (Å²) in [7, 11) is 0. The van der Waals surface area contributed by atoms with E-state index in [0.717, 1.165) is 37.8 Å². The van der Waals surface area contributed by atoms with Crippen molar-refractivity contribution >= 4 is 0 Å². The van der Waals surface area contributed by atoms with Crippen LogP contribution in [-0.4, -0.2) is 19.2 Å². The van der Waals surface area contributed by atoms with Gasteiger partial charge in [0.15, 0.2) is 11.6 Å². The molecule has 1 N–H and O–H groups in total. The monoisotopic (exact) mass is 221 g/mol. The van der Waals surface area contributed by atoms with Gasteiger partial charge in [-0.05, 0) is 49.9 Å². The second kappa shape index (κ2) is 4.06. The lowest BCUT2D eigenvalue weighted by Gasteiger charge is -2.15. The molecule has 3 rings (SSSR count). The number of fused-ring (bicyclic) bond motifs is 1. The normalized spacial score (nSPS) is 32.7. The van der Waals surface area contributed by atoms with E-state index in [1.165, 1.54) is 6.07 Å². The predicted molar refractivity (Wildman–Crippen MR) is 59.9 cm³/mol. The highest BCUT2D eigenvalue weighted by Gasteiger charge is 2.38. The first-order valence-corrected chi connectivity index (χ1v) is 5.95. The summed E-state index contributed by atoms with van der Waals surface area (Å²) >= 11 is 0. The summed E-state index contributed by atoms with van der Waals surface area (Å²) in [5.74, 6) is 1.62. The maximum absolute atomic E-state index is 13.4. The molecule has 0 spiro atoms. The van der Waals surface area contributed by atoms with E-state index in [-0.39, 0.29) is 11.9 Å². The number of benzene rings is 1. The predicted octanol–water partition coefficient (Wildman–Crippen LogP) is 2.20. The summed E-state index contributed by atoms with van der Waals surface area (Å²) in [4.78, 5) is 0. The van der Waals surface area contributed by atoms with Crippen LogP contribution in [0.15, 0.2) is 24.3 Å². The standard InChI is InChI=1S/C13H16FNO/c14-12-3-1-2-4-13(12)16-11-5-9-7-15-8-10(9)6-11/h1-4,9-11,15H,5-8H2/t9-,10+,11+. The zero-order valence-corrected chi connectivity index (χ0v) is 9.16. The molecule has 1 saturated heterocycles.